The Morgan fingerprint density at radius 2 is 1.58 bits per heavy atom. The van der Waals surface area contributed by atoms with Crippen LogP contribution in [0.5, 0.6) is 0 Å². The first-order chi connectivity index (χ1) is 18.5. The van der Waals surface area contributed by atoms with Crippen molar-refractivity contribution < 1.29 is 14.0 Å². The Morgan fingerprint density at radius 1 is 0.895 bits per heavy atom. The summed E-state index contributed by atoms with van der Waals surface area (Å²) in [7, 11) is 0. The van der Waals surface area contributed by atoms with Crippen LogP contribution >= 0.6 is 0 Å². The number of carbonyl (C=O) groups excluding carboxylic acids is 2. The van der Waals surface area contributed by atoms with Crippen LogP contribution in [0.15, 0.2) is 66.7 Å². The minimum atomic E-state index is -0.195. The average molecular weight is 516 g/mol. The highest BCUT2D eigenvalue weighted by molar-refractivity contribution is 6.07. The summed E-state index contributed by atoms with van der Waals surface area (Å²) >= 11 is 0. The van der Waals surface area contributed by atoms with Crippen LogP contribution in [0.25, 0.3) is 10.8 Å². The van der Waals surface area contributed by atoms with Gasteiger partial charge in [0.2, 0.25) is 5.91 Å². The van der Waals surface area contributed by atoms with E-state index in [0.29, 0.717) is 37.7 Å². The molecule has 0 bridgehead atoms. The molecule has 2 amide bonds. The van der Waals surface area contributed by atoms with E-state index in [0.717, 1.165) is 43.2 Å². The Labute approximate surface area is 225 Å². The second kappa shape index (κ2) is 11.6. The number of fused-ring (bicyclic) bond motifs is 1. The molecule has 38 heavy (non-hydrogen) atoms. The number of carbonyl (C=O) groups is 2. The van der Waals surface area contributed by atoms with Crippen LogP contribution in [-0.2, 0) is 4.79 Å². The molecule has 5 rings (SSSR count). The molecule has 0 aromatic heterocycles. The number of likely N-dealkylation sites (tertiary alicyclic amines) is 2. The maximum atomic E-state index is 13.8. The fraction of sp³-hybridized carbons (Fsp3) is 0.438. The molecule has 2 heterocycles. The van der Waals surface area contributed by atoms with Gasteiger partial charge in [0.05, 0.1) is 5.92 Å². The zero-order valence-electron chi connectivity index (χ0n) is 22.5. The fourth-order valence-corrected chi connectivity index (χ4v) is 6.37. The van der Waals surface area contributed by atoms with E-state index in [9.17, 15) is 14.0 Å². The normalized spacial score (nSPS) is 20.7. The van der Waals surface area contributed by atoms with Crippen LogP contribution in [0.4, 0.5) is 4.39 Å². The molecule has 0 spiro atoms. The second-order valence-electron chi connectivity index (χ2n) is 10.7. The minimum absolute atomic E-state index is 0.0108. The van der Waals surface area contributed by atoms with Crippen LogP contribution in [0.1, 0.15) is 48.5 Å². The smallest absolute Gasteiger partial charge is 0.254 e. The van der Waals surface area contributed by atoms with Gasteiger partial charge in [-0.1, -0.05) is 48.5 Å². The highest BCUT2D eigenvalue weighted by atomic mass is 19.1. The quantitative estimate of drug-likeness (QED) is 0.422. The summed E-state index contributed by atoms with van der Waals surface area (Å²) in [4.78, 5) is 33.6. The Balaban J connectivity index is 1.31. The topological polar surface area (TPSA) is 43.9 Å². The van der Waals surface area contributed by atoms with Crippen LogP contribution in [-0.4, -0.2) is 72.3 Å². The van der Waals surface area contributed by atoms with Crippen molar-refractivity contribution in [2.45, 2.75) is 32.6 Å². The Bertz CT molecular complexity index is 1260. The molecule has 200 valence electrons. The van der Waals surface area contributed by atoms with Gasteiger partial charge in [0.15, 0.2) is 0 Å². The standard InChI is InChI=1S/C32H38FN3O2/c1-3-35(4-2)32(38)30-22-36(31(37)29-11-7-9-25-8-5-6-10-28(25)29)21-26(30)20-34-18-16-24(17-19-34)23-12-14-27(33)15-13-23/h5-15,24,26,30H,3-4,16-22H2,1-2H3/t26?,30-/m1/s1. The third kappa shape index (κ3) is 5.46. The Morgan fingerprint density at radius 3 is 2.29 bits per heavy atom. The van der Waals surface area contributed by atoms with Crippen molar-refractivity contribution in [3.05, 3.63) is 83.7 Å². The molecule has 2 saturated heterocycles. The summed E-state index contributed by atoms with van der Waals surface area (Å²) in [5.41, 5.74) is 1.91. The van der Waals surface area contributed by atoms with E-state index in [4.69, 9.17) is 0 Å². The van der Waals surface area contributed by atoms with Crippen molar-refractivity contribution in [2.75, 3.05) is 45.8 Å². The Kier molecular flexibility index (Phi) is 8.08. The lowest BCUT2D eigenvalue weighted by Crippen LogP contribution is -2.43. The number of rotatable bonds is 7. The number of hydrogen-bond acceptors (Lipinski definition) is 3. The molecule has 3 aromatic rings. The third-order valence-corrected chi connectivity index (χ3v) is 8.56. The molecule has 2 aliphatic rings. The predicted octanol–water partition coefficient (Wildman–Crippen LogP) is 5.42. The fourth-order valence-electron chi connectivity index (χ4n) is 6.37. The van der Waals surface area contributed by atoms with Gasteiger partial charge in [-0.15, -0.1) is 0 Å². The lowest BCUT2D eigenvalue weighted by molar-refractivity contribution is -0.136. The van der Waals surface area contributed by atoms with E-state index in [2.05, 4.69) is 4.90 Å². The van der Waals surface area contributed by atoms with Gasteiger partial charge in [0.25, 0.3) is 5.91 Å². The number of amides is 2. The van der Waals surface area contributed by atoms with Crippen molar-refractivity contribution in [3.8, 4) is 0 Å². The predicted molar refractivity (Wildman–Crippen MR) is 150 cm³/mol. The van der Waals surface area contributed by atoms with E-state index in [-0.39, 0.29) is 29.5 Å². The molecule has 6 heteroatoms. The number of nitrogens with zero attached hydrogens (tertiary/aromatic N) is 3. The van der Waals surface area contributed by atoms with Gasteiger partial charge in [0, 0.05) is 44.2 Å². The zero-order valence-corrected chi connectivity index (χ0v) is 22.5. The zero-order chi connectivity index (χ0) is 26.6. The first kappa shape index (κ1) is 26.4. The summed E-state index contributed by atoms with van der Waals surface area (Å²) < 4.78 is 13.4. The van der Waals surface area contributed by atoms with Crippen molar-refractivity contribution in [2.24, 2.45) is 11.8 Å². The van der Waals surface area contributed by atoms with Crippen LogP contribution in [0.2, 0.25) is 0 Å². The third-order valence-electron chi connectivity index (χ3n) is 8.56. The van der Waals surface area contributed by atoms with E-state index in [1.807, 2.05) is 78.2 Å². The second-order valence-corrected chi connectivity index (χ2v) is 10.7. The highest BCUT2D eigenvalue weighted by Crippen LogP contribution is 2.33. The first-order valence-corrected chi connectivity index (χ1v) is 14.0. The Hall–Kier alpha value is -3.25. The van der Waals surface area contributed by atoms with Gasteiger partial charge in [-0.2, -0.15) is 0 Å². The number of halogens is 1. The van der Waals surface area contributed by atoms with Gasteiger partial charge < -0.3 is 14.7 Å². The van der Waals surface area contributed by atoms with Gasteiger partial charge >= 0.3 is 0 Å². The van der Waals surface area contributed by atoms with Crippen molar-refractivity contribution >= 4 is 22.6 Å². The van der Waals surface area contributed by atoms with Crippen LogP contribution in [0, 0.1) is 17.7 Å². The maximum Gasteiger partial charge on any atom is 0.254 e. The summed E-state index contributed by atoms with van der Waals surface area (Å²) in [6.45, 7) is 9.16. The van der Waals surface area contributed by atoms with Gasteiger partial charge in [-0.25, -0.2) is 4.39 Å². The molecular formula is C32H38FN3O2. The van der Waals surface area contributed by atoms with E-state index in [1.54, 1.807) is 12.1 Å². The molecule has 1 unspecified atom stereocenters. The molecular weight excluding hydrogens is 477 g/mol. The molecule has 0 saturated carbocycles. The van der Waals surface area contributed by atoms with Crippen molar-refractivity contribution in [1.29, 1.82) is 0 Å². The lowest BCUT2D eigenvalue weighted by atomic mass is 9.88. The molecule has 2 atom stereocenters. The molecule has 2 fully saturated rings. The monoisotopic (exact) mass is 515 g/mol. The summed E-state index contributed by atoms with van der Waals surface area (Å²) in [5, 5.41) is 2.01. The lowest BCUT2D eigenvalue weighted by Gasteiger charge is -2.35. The van der Waals surface area contributed by atoms with Gasteiger partial charge in [-0.3, -0.25) is 9.59 Å². The summed E-state index contributed by atoms with van der Waals surface area (Å²) in [5.74, 6) is 0.325. The summed E-state index contributed by atoms with van der Waals surface area (Å²) in [6.07, 6.45) is 2.04. The molecule has 2 aliphatic heterocycles. The van der Waals surface area contributed by atoms with E-state index in [1.165, 1.54) is 5.56 Å². The summed E-state index contributed by atoms with van der Waals surface area (Å²) in [6, 6.07) is 20.8. The van der Waals surface area contributed by atoms with E-state index < -0.39 is 0 Å². The molecule has 0 radical (unpaired) electrons. The SMILES string of the molecule is CCN(CC)C(=O)[C@@H]1CN(C(=O)c2cccc3ccccc23)CC1CN1CCC(c2ccc(F)cc2)CC1. The molecule has 5 nitrogen and oxygen atoms in total. The largest absolute Gasteiger partial charge is 0.343 e. The first-order valence-electron chi connectivity index (χ1n) is 14.0. The van der Waals surface area contributed by atoms with Crippen molar-refractivity contribution in [1.82, 2.24) is 14.7 Å². The number of benzene rings is 3. The van der Waals surface area contributed by atoms with Crippen LogP contribution in [0.3, 0.4) is 0 Å². The number of piperidine rings is 1. The van der Waals surface area contributed by atoms with Gasteiger partial charge in [0.1, 0.15) is 5.82 Å². The highest BCUT2D eigenvalue weighted by Gasteiger charge is 2.42. The maximum absolute atomic E-state index is 13.8. The molecule has 0 N–H and O–H groups in total. The molecule has 0 aliphatic carbocycles. The average Bonchev–Trinajstić information content (AvgIpc) is 3.37. The van der Waals surface area contributed by atoms with Crippen molar-refractivity contribution in [3.63, 3.8) is 0 Å². The van der Waals surface area contributed by atoms with Gasteiger partial charge in [-0.05, 0) is 80.2 Å². The molecule has 3 aromatic carbocycles. The van der Waals surface area contributed by atoms with E-state index >= 15 is 0 Å². The van der Waals surface area contributed by atoms with Crippen LogP contribution < -0.4 is 0 Å². The minimum Gasteiger partial charge on any atom is -0.343 e. The number of hydrogen-bond donors (Lipinski definition) is 0.